The Kier molecular flexibility index (Phi) is 6.60. The minimum absolute atomic E-state index is 0.0664. The van der Waals surface area contributed by atoms with Gasteiger partial charge in [-0.2, -0.15) is 4.37 Å². The molecular formula is C17H17Cl2FN2O3S. The Morgan fingerprint density at radius 3 is 2.54 bits per heavy atom. The van der Waals surface area contributed by atoms with Gasteiger partial charge in [0.25, 0.3) is 5.91 Å². The van der Waals surface area contributed by atoms with Crippen LogP contribution in [0.25, 0.3) is 0 Å². The van der Waals surface area contributed by atoms with Crippen molar-refractivity contribution in [3.63, 3.8) is 0 Å². The maximum atomic E-state index is 14.2. The van der Waals surface area contributed by atoms with E-state index in [9.17, 15) is 14.0 Å². The normalized spacial score (nSPS) is 12.5. The van der Waals surface area contributed by atoms with Crippen molar-refractivity contribution in [2.45, 2.75) is 38.8 Å². The zero-order valence-corrected chi connectivity index (χ0v) is 16.6. The first kappa shape index (κ1) is 20.6. The number of esters is 1. The molecule has 0 aliphatic heterocycles. The number of aromatic nitrogens is 1. The number of nitrogens with one attached hydrogen (secondary N) is 1. The molecule has 2 aromatic rings. The van der Waals surface area contributed by atoms with Gasteiger partial charge < -0.3 is 10.1 Å². The first-order chi connectivity index (χ1) is 12.2. The molecule has 0 unspecified atom stereocenters. The standard InChI is InChI=1S/C17H17Cl2FN2O3S/c1-4-17(2,3)21-15(23)13(9-7-5-6-8-10(9)20)25-16(24)12-11(18)14(19)26-22-12/h5-8,13H,4H2,1-3H3,(H,21,23)/t13-/m0/s1. The van der Waals surface area contributed by atoms with Crippen LogP contribution < -0.4 is 5.32 Å². The zero-order chi connectivity index (χ0) is 19.5. The second-order valence-electron chi connectivity index (χ2n) is 6.15. The number of ether oxygens (including phenoxy) is 1. The molecule has 0 aliphatic rings. The fourth-order valence-electron chi connectivity index (χ4n) is 1.98. The molecule has 26 heavy (non-hydrogen) atoms. The van der Waals surface area contributed by atoms with Gasteiger partial charge >= 0.3 is 5.97 Å². The summed E-state index contributed by atoms with van der Waals surface area (Å²) in [5.74, 6) is -2.28. The Morgan fingerprint density at radius 1 is 1.35 bits per heavy atom. The van der Waals surface area contributed by atoms with Gasteiger partial charge in [0, 0.05) is 11.1 Å². The Morgan fingerprint density at radius 2 is 2.00 bits per heavy atom. The second kappa shape index (κ2) is 8.33. The van der Waals surface area contributed by atoms with Gasteiger partial charge in [0.15, 0.2) is 5.69 Å². The molecule has 1 aromatic carbocycles. The van der Waals surface area contributed by atoms with Gasteiger partial charge in [-0.15, -0.1) is 0 Å². The summed E-state index contributed by atoms with van der Waals surface area (Å²) < 4.78 is 23.4. The van der Waals surface area contributed by atoms with Crippen LogP contribution in [0.1, 0.15) is 49.3 Å². The van der Waals surface area contributed by atoms with Gasteiger partial charge in [0.2, 0.25) is 6.10 Å². The van der Waals surface area contributed by atoms with E-state index < -0.39 is 29.3 Å². The molecule has 1 heterocycles. The molecule has 5 nitrogen and oxygen atoms in total. The van der Waals surface area contributed by atoms with Crippen LogP contribution in [0.15, 0.2) is 24.3 Å². The van der Waals surface area contributed by atoms with Crippen molar-refractivity contribution in [2.24, 2.45) is 0 Å². The molecule has 140 valence electrons. The number of amides is 1. The maximum Gasteiger partial charge on any atom is 0.360 e. The zero-order valence-electron chi connectivity index (χ0n) is 14.3. The highest BCUT2D eigenvalue weighted by atomic mass is 35.5. The van der Waals surface area contributed by atoms with Crippen molar-refractivity contribution in [1.82, 2.24) is 9.69 Å². The molecule has 0 fully saturated rings. The molecule has 0 saturated heterocycles. The summed E-state index contributed by atoms with van der Waals surface area (Å²) >= 11 is 12.5. The average molecular weight is 419 g/mol. The van der Waals surface area contributed by atoms with Crippen molar-refractivity contribution in [2.75, 3.05) is 0 Å². The van der Waals surface area contributed by atoms with Crippen molar-refractivity contribution in [3.8, 4) is 0 Å². The largest absolute Gasteiger partial charge is 0.442 e. The van der Waals surface area contributed by atoms with Gasteiger partial charge in [-0.05, 0) is 37.9 Å². The molecular weight excluding hydrogens is 402 g/mol. The molecule has 1 amide bonds. The van der Waals surface area contributed by atoms with Crippen LogP contribution in [0.4, 0.5) is 4.39 Å². The predicted octanol–water partition coefficient (Wildman–Crippen LogP) is 4.79. The van der Waals surface area contributed by atoms with E-state index >= 15 is 0 Å². The highest BCUT2D eigenvalue weighted by Gasteiger charge is 2.32. The van der Waals surface area contributed by atoms with E-state index in [4.69, 9.17) is 27.9 Å². The third-order valence-corrected chi connectivity index (χ3v) is 5.40. The van der Waals surface area contributed by atoms with Crippen LogP contribution in [0.2, 0.25) is 9.36 Å². The lowest BCUT2D eigenvalue weighted by molar-refractivity contribution is -0.132. The first-order valence-corrected chi connectivity index (χ1v) is 9.27. The van der Waals surface area contributed by atoms with Gasteiger partial charge in [-0.3, -0.25) is 4.79 Å². The summed E-state index contributed by atoms with van der Waals surface area (Å²) in [6.45, 7) is 5.51. The smallest absolute Gasteiger partial charge is 0.360 e. The Balaban J connectivity index is 2.35. The monoisotopic (exact) mass is 418 g/mol. The van der Waals surface area contributed by atoms with Gasteiger partial charge in [-0.25, -0.2) is 9.18 Å². The molecule has 9 heteroatoms. The van der Waals surface area contributed by atoms with E-state index in [0.29, 0.717) is 6.42 Å². The lowest BCUT2D eigenvalue weighted by atomic mass is 10.0. The van der Waals surface area contributed by atoms with Crippen LogP contribution in [-0.2, 0) is 9.53 Å². The third kappa shape index (κ3) is 4.72. The van der Waals surface area contributed by atoms with E-state index in [-0.39, 0.29) is 20.6 Å². The van der Waals surface area contributed by atoms with E-state index in [0.717, 1.165) is 11.5 Å². The lowest BCUT2D eigenvalue weighted by Gasteiger charge is -2.27. The van der Waals surface area contributed by atoms with E-state index in [1.54, 1.807) is 6.07 Å². The molecule has 0 radical (unpaired) electrons. The first-order valence-electron chi connectivity index (χ1n) is 7.74. The SMILES string of the molecule is CCC(C)(C)NC(=O)[C@@H](OC(=O)c1nsc(Cl)c1Cl)c1ccccc1F. The quantitative estimate of drug-likeness (QED) is 0.684. The fraction of sp³-hybridized carbons (Fsp3) is 0.353. The minimum atomic E-state index is -1.49. The summed E-state index contributed by atoms with van der Waals surface area (Å²) in [6, 6.07) is 5.58. The lowest BCUT2D eigenvalue weighted by Crippen LogP contribution is -2.46. The number of hydrogen-bond acceptors (Lipinski definition) is 5. The predicted molar refractivity (Wildman–Crippen MR) is 99.2 cm³/mol. The summed E-state index contributed by atoms with van der Waals surface area (Å²) in [4.78, 5) is 25.1. The summed E-state index contributed by atoms with van der Waals surface area (Å²) in [5.41, 5.74) is -0.845. The summed E-state index contributed by atoms with van der Waals surface area (Å²) in [7, 11) is 0. The van der Waals surface area contributed by atoms with Crippen LogP contribution >= 0.6 is 34.7 Å². The summed E-state index contributed by atoms with van der Waals surface area (Å²) in [5, 5.41) is 2.68. The number of carbonyl (C=O) groups is 2. The van der Waals surface area contributed by atoms with E-state index in [2.05, 4.69) is 9.69 Å². The van der Waals surface area contributed by atoms with Crippen molar-refractivity contribution in [3.05, 3.63) is 50.7 Å². The summed E-state index contributed by atoms with van der Waals surface area (Å²) in [6.07, 6.45) is -0.865. The molecule has 0 bridgehead atoms. The Labute approximate surface area is 164 Å². The topological polar surface area (TPSA) is 68.3 Å². The van der Waals surface area contributed by atoms with Crippen LogP contribution in [0.3, 0.4) is 0 Å². The molecule has 0 aliphatic carbocycles. The number of rotatable bonds is 6. The highest BCUT2D eigenvalue weighted by Crippen LogP contribution is 2.31. The van der Waals surface area contributed by atoms with Crippen molar-refractivity contribution < 1.29 is 18.7 Å². The Bertz CT molecular complexity index is 826. The molecule has 1 aromatic heterocycles. The van der Waals surface area contributed by atoms with Gasteiger partial charge in [0.1, 0.15) is 15.2 Å². The Hall–Kier alpha value is -1.70. The molecule has 0 saturated carbocycles. The maximum absolute atomic E-state index is 14.2. The molecule has 1 atom stereocenters. The fourth-order valence-corrected chi connectivity index (χ4v) is 2.96. The molecule has 0 spiro atoms. The minimum Gasteiger partial charge on any atom is -0.442 e. The second-order valence-corrected chi connectivity index (χ2v) is 7.91. The van der Waals surface area contributed by atoms with Crippen molar-refractivity contribution in [1.29, 1.82) is 0 Å². The number of halogens is 3. The number of nitrogens with zero attached hydrogens (tertiary/aromatic N) is 1. The molecule has 1 N–H and O–H groups in total. The number of carbonyl (C=O) groups excluding carboxylic acids is 2. The van der Waals surface area contributed by atoms with Gasteiger partial charge in [0.05, 0.1) is 0 Å². The van der Waals surface area contributed by atoms with Crippen LogP contribution in [0, 0.1) is 5.82 Å². The van der Waals surface area contributed by atoms with E-state index in [1.807, 2.05) is 20.8 Å². The third-order valence-electron chi connectivity index (χ3n) is 3.79. The van der Waals surface area contributed by atoms with Crippen LogP contribution in [0.5, 0.6) is 0 Å². The van der Waals surface area contributed by atoms with Crippen molar-refractivity contribution >= 4 is 46.6 Å². The highest BCUT2D eigenvalue weighted by molar-refractivity contribution is 7.11. The molecule has 2 rings (SSSR count). The average Bonchev–Trinajstić information content (AvgIpc) is 2.92. The number of benzene rings is 1. The number of hydrogen-bond donors (Lipinski definition) is 1. The van der Waals surface area contributed by atoms with E-state index in [1.165, 1.54) is 18.2 Å². The van der Waals surface area contributed by atoms with Gasteiger partial charge in [-0.1, -0.05) is 48.3 Å². The van der Waals surface area contributed by atoms with Crippen LogP contribution in [-0.4, -0.2) is 21.8 Å².